The molecule has 98 valence electrons. The second-order valence-corrected chi connectivity index (χ2v) is 4.32. The number of hydrogen-bond donors (Lipinski definition) is 1. The van der Waals surface area contributed by atoms with Crippen LogP contribution in [-0.2, 0) is 6.42 Å². The number of ether oxygens (including phenoxy) is 1. The first-order chi connectivity index (χ1) is 9.18. The Bertz CT molecular complexity index is 561. The van der Waals surface area contributed by atoms with Gasteiger partial charge < -0.3 is 9.84 Å². The number of aromatic carboxylic acids is 1. The molecule has 0 aliphatic rings. The second-order valence-electron chi connectivity index (χ2n) is 4.32. The number of benzene rings is 2. The van der Waals surface area contributed by atoms with Gasteiger partial charge in [0.1, 0.15) is 5.75 Å². The lowest BCUT2D eigenvalue weighted by Gasteiger charge is -2.10. The third-order valence-electron chi connectivity index (χ3n) is 3.01. The van der Waals surface area contributed by atoms with E-state index in [4.69, 9.17) is 9.84 Å². The van der Waals surface area contributed by atoms with E-state index in [2.05, 4.69) is 0 Å². The molecule has 0 spiro atoms. The van der Waals surface area contributed by atoms with Crippen LogP contribution in [0.4, 0.5) is 0 Å². The molecule has 0 amide bonds. The minimum absolute atomic E-state index is 0.289. The van der Waals surface area contributed by atoms with Gasteiger partial charge in [-0.25, -0.2) is 4.79 Å². The lowest BCUT2D eigenvalue weighted by atomic mass is 10.1. The average molecular weight is 256 g/mol. The van der Waals surface area contributed by atoms with Gasteiger partial charge in [-0.05, 0) is 24.6 Å². The fourth-order valence-electron chi connectivity index (χ4n) is 1.93. The lowest BCUT2D eigenvalue weighted by molar-refractivity contribution is 0.0695. The van der Waals surface area contributed by atoms with Crippen LogP contribution in [0, 0.1) is 6.92 Å². The van der Waals surface area contributed by atoms with Crippen molar-refractivity contribution in [3.8, 4) is 5.75 Å². The van der Waals surface area contributed by atoms with Crippen LogP contribution in [-0.4, -0.2) is 17.7 Å². The van der Waals surface area contributed by atoms with Crippen molar-refractivity contribution in [2.24, 2.45) is 0 Å². The summed E-state index contributed by atoms with van der Waals surface area (Å²) in [7, 11) is 0. The van der Waals surface area contributed by atoms with E-state index in [1.807, 2.05) is 30.3 Å². The zero-order valence-electron chi connectivity index (χ0n) is 10.8. The Labute approximate surface area is 112 Å². The molecule has 0 saturated carbocycles. The van der Waals surface area contributed by atoms with E-state index in [-0.39, 0.29) is 5.56 Å². The van der Waals surface area contributed by atoms with Gasteiger partial charge in [0.25, 0.3) is 0 Å². The standard InChI is InChI=1S/C16H16O3/c1-12-14(16(17)18)8-5-9-15(12)19-11-10-13-6-3-2-4-7-13/h2-9H,10-11H2,1H3,(H,17,18). The van der Waals surface area contributed by atoms with E-state index >= 15 is 0 Å². The topological polar surface area (TPSA) is 46.5 Å². The van der Waals surface area contributed by atoms with Crippen LogP contribution in [0.5, 0.6) is 5.75 Å². The molecule has 0 heterocycles. The summed E-state index contributed by atoms with van der Waals surface area (Å²) < 4.78 is 5.67. The Morgan fingerprint density at radius 3 is 2.53 bits per heavy atom. The summed E-state index contributed by atoms with van der Waals surface area (Å²) in [5.41, 5.74) is 2.16. The predicted octanol–water partition coefficient (Wildman–Crippen LogP) is 3.31. The molecule has 0 saturated heterocycles. The van der Waals surface area contributed by atoms with E-state index in [1.165, 1.54) is 5.56 Å². The minimum Gasteiger partial charge on any atom is -0.493 e. The molecular formula is C16H16O3. The van der Waals surface area contributed by atoms with Crippen LogP contribution < -0.4 is 4.74 Å². The number of carboxylic acid groups (broad SMARTS) is 1. The zero-order chi connectivity index (χ0) is 13.7. The number of carbonyl (C=O) groups is 1. The van der Waals surface area contributed by atoms with Gasteiger partial charge in [0.05, 0.1) is 12.2 Å². The smallest absolute Gasteiger partial charge is 0.336 e. The number of carboxylic acids is 1. The van der Waals surface area contributed by atoms with Gasteiger partial charge in [-0.1, -0.05) is 36.4 Å². The van der Waals surface area contributed by atoms with Crippen molar-refractivity contribution in [2.45, 2.75) is 13.3 Å². The fraction of sp³-hybridized carbons (Fsp3) is 0.188. The van der Waals surface area contributed by atoms with E-state index < -0.39 is 5.97 Å². The molecular weight excluding hydrogens is 240 g/mol. The van der Waals surface area contributed by atoms with E-state index in [0.29, 0.717) is 17.9 Å². The first kappa shape index (κ1) is 13.1. The summed E-state index contributed by atoms with van der Waals surface area (Å²) in [5, 5.41) is 9.04. The van der Waals surface area contributed by atoms with Gasteiger partial charge >= 0.3 is 5.97 Å². The summed E-state index contributed by atoms with van der Waals surface area (Å²) in [4.78, 5) is 11.0. The molecule has 19 heavy (non-hydrogen) atoms. The fourth-order valence-corrected chi connectivity index (χ4v) is 1.93. The molecule has 1 N–H and O–H groups in total. The van der Waals surface area contributed by atoms with Gasteiger partial charge in [-0.3, -0.25) is 0 Å². The summed E-state index contributed by atoms with van der Waals surface area (Å²) in [6.07, 6.45) is 0.803. The Kier molecular flexibility index (Phi) is 4.18. The molecule has 2 aromatic rings. The highest BCUT2D eigenvalue weighted by molar-refractivity contribution is 5.90. The zero-order valence-corrected chi connectivity index (χ0v) is 10.8. The van der Waals surface area contributed by atoms with Crippen molar-refractivity contribution in [3.05, 3.63) is 65.2 Å². The highest BCUT2D eigenvalue weighted by Crippen LogP contribution is 2.21. The Hall–Kier alpha value is -2.29. The molecule has 3 heteroatoms. The number of hydrogen-bond acceptors (Lipinski definition) is 2. The van der Waals surface area contributed by atoms with Crippen molar-refractivity contribution in [2.75, 3.05) is 6.61 Å². The van der Waals surface area contributed by atoms with Gasteiger partial charge in [0.2, 0.25) is 0 Å². The summed E-state index contributed by atoms with van der Waals surface area (Å²) in [5.74, 6) is -0.290. The first-order valence-corrected chi connectivity index (χ1v) is 6.18. The monoisotopic (exact) mass is 256 g/mol. The van der Waals surface area contributed by atoms with E-state index in [9.17, 15) is 4.79 Å². The van der Waals surface area contributed by atoms with Crippen LogP contribution in [0.1, 0.15) is 21.5 Å². The largest absolute Gasteiger partial charge is 0.493 e. The SMILES string of the molecule is Cc1c(OCCc2ccccc2)cccc1C(=O)O. The maximum Gasteiger partial charge on any atom is 0.336 e. The van der Waals surface area contributed by atoms with Gasteiger partial charge in [0, 0.05) is 12.0 Å². The van der Waals surface area contributed by atoms with Crippen LogP contribution in [0.3, 0.4) is 0 Å². The maximum atomic E-state index is 11.0. The third kappa shape index (κ3) is 3.35. The van der Waals surface area contributed by atoms with Gasteiger partial charge in [0.15, 0.2) is 0 Å². The van der Waals surface area contributed by atoms with Crippen molar-refractivity contribution in [1.82, 2.24) is 0 Å². The van der Waals surface area contributed by atoms with Crippen LogP contribution >= 0.6 is 0 Å². The maximum absolute atomic E-state index is 11.0. The Balaban J connectivity index is 2.00. The summed E-state index contributed by atoms with van der Waals surface area (Å²) in [6, 6.07) is 15.1. The van der Waals surface area contributed by atoms with Gasteiger partial charge in [-0.15, -0.1) is 0 Å². The van der Waals surface area contributed by atoms with Gasteiger partial charge in [-0.2, -0.15) is 0 Å². The molecule has 0 aromatic heterocycles. The summed E-state index contributed by atoms with van der Waals surface area (Å²) in [6.45, 7) is 2.30. The quantitative estimate of drug-likeness (QED) is 0.892. The average Bonchev–Trinajstić information content (AvgIpc) is 2.41. The highest BCUT2D eigenvalue weighted by Gasteiger charge is 2.10. The molecule has 2 rings (SSSR count). The molecule has 0 aliphatic heterocycles. The molecule has 0 radical (unpaired) electrons. The molecule has 0 bridgehead atoms. The second kappa shape index (κ2) is 6.05. The van der Waals surface area contributed by atoms with Crippen molar-refractivity contribution in [1.29, 1.82) is 0 Å². The molecule has 0 fully saturated rings. The normalized spacial score (nSPS) is 10.2. The first-order valence-electron chi connectivity index (χ1n) is 6.18. The molecule has 0 aliphatic carbocycles. The van der Waals surface area contributed by atoms with Crippen molar-refractivity contribution >= 4 is 5.97 Å². The number of rotatable bonds is 5. The predicted molar refractivity (Wildman–Crippen MR) is 73.8 cm³/mol. The summed E-state index contributed by atoms with van der Waals surface area (Å²) >= 11 is 0. The molecule has 0 atom stereocenters. The van der Waals surface area contributed by atoms with E-state index in [1.54, 1.807) is 25.1 Å². The van der Waals surface area contributed by atoms with Crippen molar-refractivity contribution < 1.29 is 14.6 Å². The highest BCUT2D eigenvalue weighted by atomic mass is 16.5. The van der Waals surface area contributed by atoms with Crippen LogP contribution in [0.25, 0.3) is 0 Å². The third-order valence-corrected chi connectivity index (χ3v) is 3.01. The van der Waals surface area contributed by atoms with Crippen LogP contribution in [0.15, 0.2) is 48.5 Å². The Morgan fingerprint density at radius 2 is 1.84 bits per heavy atom. The molecule has 3 nitrogen and oxygen atoms in total. The van der Waals surface area contributed by atoms with E-state index in [0.717, 1.165) is 6.42 Å². The Morgan fingerprint density at radius 1 is 1.11 bits per heavy atom. The minimum atomic E-state index is -0.925. The van der Waals surface area contributed by atoms with Crippen molar-refractivity contribution in [3.63, 3.8) is 0 Å². The molecule has 2 aromatic carbocycles. The lowest BCUT2D eigenvalue weighted by Crippen LogP contribution is -2.05. The molecule has 0 unspecified atom stereocenters. The van der Waals surface area contributed by atoms with Crippen LogP contribution in [0.2, 0.25) is 0 Å².